The van der Waals surface area contributed by atoms with E-state index < -0.39 is 0 Å². The summed E-state index contributed by atoms with van der Waals surface area (Å²) in [6, 6.07) is 6.08. The number of hydrogen-bond donors (Lipinski definition) is 2. The van der Waals surface area contributed by atoms with Crippen molar-refractivity contribution in [1.29, 1.82) is 0 Å². The smallest absolute Gasteiger partial charge is 0.223 e. The van der Waals surface area contributed by atoms with E-state index in [1.807, 2.05) is 45.9 Å². The van der Waals surface area contributed by atoms with E-state index >= 15 is 0 Å². The second kappa shape index (κ2) is 7.14. The number of carbonyl (C=O) groups excluding carboxylic acids is 1. The van der Waals surface area contributed by atoms with E-state index in [2.05, 4.69) is 5.32 Å². The van der Waals surface area contributed by atoms with Crippen LogP contribution in [0, 0.1) is 6.92 Å². The molecule has 4 heteroatoms. The molecule has 0 spiro atoms. The summed E-state index contributed by atoms with van der Waals surface area (Å²) >= 11 is 0. The predicted octanol–water partition coefficient (Wildman–Crippen LogP) is 2.31. The third-order valence-electron chi connectivity index (χ3n) is 2.76. The first kappa shape index (κ1) is 15.5. The normalized spacial score (nSPS) is 12.3. The molecule has 0 saturated heterocycles. The Morgan fingerprint density at radius 3 is 2.58 bits per heavy atom. The summed E-state index contributed by atoms with van der Waals surface area (Å²) in [5.41, 5.74) is 7.95. The van der Waals surface area contributed by atoms with Gasteiger partial charge in [0.15, 0.2) is 0 Å². The molecule has 0 aliphatic rings. The highest BCUT2D eigenvalue weighted by Crippen LogP contribution is 2.21. The average Bonchev–Trinajstić information content (AvgIpc) is 2.29. The fraction of sp³-hybridized carbons (Fsp3) is 0.533. The summed E-state index contributed by atoms with van der Waals surface area (Å²) in [5, 5.41) is 2.83. The molecular formula is C15H24N2O2. The number of benzene rings is 1. The second-order valence-electron chi connectivity index (χ2n) is 5.13. The zero-order chi connectivity index (χ0) is 14.4. The number of nitrogens with one attached hydrogen (secondary N) is 1. The molecule has 4 nitrogen and oxygen atoms in total. The van der Waals surface area contributed by atoms with Crippen LogP contribution in [-0.2, 0) is 4.79 Å². The third-order valence-corrected chi connectivity index (χ3v) is 2.76. The van der Waals surface area contributed by atoms with Crippen molar-refractivity contribution in [3.63, 3.8) is 0 Å². The van der Waals surface area contributed by atoms with Crippen LogP contribution in [0.3, 0.4) is 0 Å². The Labute approximate surface area is 115 Å². The van der Waals surface area contributed by atoms with E-state index in [1.54, 1.807) is 0 Å². The molecule has 19 heavy (non-hydrogen) atoms. The summed E-state index contributed by atoms with van der Waals surface area (Å²) in [4.78, 5) is 11.5. The Morgan fingerprint density at radius 1 is 1.37 bits per heavy atom. The maximum Gasteiger partial charge on any atom is 0.223 e. The number of hydrogen-bond acceptors (Lipinski definition) is 3. The van der Waals surface area contributed by atoms with E-state index in [0.717, 1.165) is 16.9 Å². The Balaban J connectivity index is 2.48. The Bertz CT molecular complexity index is 428. The zero-order valence-corrected chi connectivity index (χ0v) is 12.2. The van der Waals surface area contributed by atoms with Gasteiger partial charge in [0, 0.05) is 12.1 Å². The van der Waals surface area contributed by atoms with Crippen LogP contribution < -0.4 is 15.8 Å². The quantitative estimate of drug-likeness (QED) is 0.828. The van der Waals surface area contributed by atoms with Gasteiger partial charge in [0.25, 0.3) is 0 Å². The molecule has 0 radical (unpaired) electrons. The number of carbonyl (C=O) groups is 1. The molecule has 0 aliphatic heterocycles. The second-order valence-corrected chi connectivity index (χ2v) is 5.13. The summed E-state index contributed by atoms with van der Waals surface area (Å²) < 4.78 is 5.62. The molecule has 0 heterocycles. The predicted molar refractivity (Wildman–Crippen MR) is 77.2 cm³/mol. The molecule has 0 aromatic heterocycles. The van der Waals surface area contributed by atoms with Crippen LogP contribution in [0.2, 0.25) is 0 Å². The summed E-state index contributed by atoms with van der Waals surface area (Å²) in [5.74, 6) is 0.821. The molecule has 1 rings (SSSR count). The van der Waals surface area contributed by atoms with Gasteiger partial charge in [0.2, 0.25) is 5.91 Å². The van der Waals surface area contributed by atoms with Crippen molar-refractivity contribution in [2.24, 2.45) is 5.73 Å². The average molecular weight is 264 g/mol. The molecular weight excluding hydrogens is 240 g/mol. The van der Waals surface area contributed by atoms with Gasteiger partial charge in [-0.15, -0.1) is 0 Å². The van der Waals surface area contributed by atoms with Gasteiger partial charge in [-0.25, -0.2) is 0 Å². The zero-order valence-electron chi connectivity index (χ0n) is 12.2. The van der Waals surface area contributed by atoms with Crippen molar-refractivity contribution in [2.45, 2.75) is 46.2 Å². The fourth-order valence-corrected chi connectivity index (χ4v) is 1.77. The minimum absolute atomic E-state index is 0.0138. The summed E-state index contributed by atoms with van der Waals surface area (Å²) in [6.07, 6.45) is 0.368. The Hall–Kier alpha value is -1.55. The highest BCUT2D eigenvalue weighted by atomic mass is 16.5. The van der Waals surface area contributed by atoms with Gasteiger partial charge < -0.3 is 15.8 Å². The van der Waals surface area contributed by atoms with Gasteiger partial charge in [-0.1, -0.05) is 12.1 Å². The number of rotatable bonds is 6. The maximum absolute atomic E-state index is 11.5. The molecule has 0 fully saturated rings. The lowest BCUT2D eigenvalue weighted by Gasteiger charge is -2.13. The molecule has 1 aromatic rings. The number of ether oxygens (including phenoxy) is 1. The van der Waals surface area contributed by atoms with Crippen molar-refractivity contribution in [3.05, 3.63) is 29.3 Å². The monoisotopic (exact) mass is 264 g/mol. The first-order chi connectivity index (χ1) is 8.90. The van der Waals surface area contributed by atoms with E-state index in [9.17, 15) is 4.79 Å². The van der Waals surface area contributed by atoms with Crippen molar-refractivity contribution < 1.29 is 9.53 Å². The number of amides is 1. The van der Waals surface area contributed by atoms with Crippen LogP contribution in [-0.4, -0.2) is 18.6 Å². The van der Waals surface area contributed by atoms with Gasteiger partial charge >= 0.3 is 0 Å². The maximum atomic E-state index is 11.5. The first-order valence-corrected chi connectivity index (χ1v) is 6.68. The van der Waals surface area contributed by atoms with Gasteiger partial charge in [0.05, 0.1) is 13.0 Å². The highest BCUT2D eigenvalue weighted by molar-refractivity contribution is 5.76. The van der Waals surface area contributed by atoms with E-state index in [4.69, 9.17) is 10.5 Å². The molecule has 106 valence electrons. The first-order valence-electron chi connectivity index (χ1n) is 6.68. The van der Waals surface area contributed by atoms with Crippen molar-refractivity contribution in [1.82, 2.24) is 5.32 Å². The molecule has 0 aliphatic carbocycles. The third kappa shape index (κ3) is 5.30. The largest absolute Gasteiger partial charge is 0.493 e. The van der Waals surface area contributed by atoms with Gasteiger partial charge in [-0.3, -0.25) is 4.79 Å². The molecule has 0 unspecified atom stereocenters. The highest BCUT2D eigenvalue weighted by Gasteiger charge is 2.06. The van der Waals surface area contributed by atoms with Crippen LogP contribution in [0.15, 0.2) is 18.2 Å². The summed E-state index contributed by atoms with van der Waals surface area (Å²) in [6.45, 7) is 8.20. The van der Waals surface area contributed by atoms with Crippen molar-refractivity contribution >= 4 is 5.91 Å². The van der Waals surface area contributed by atoms with E-state index in [-0.39, 0.29) is 18.0 Å². The number of aryl methyl sites for hydroxylation is 1. The fourth-order valence-electron chi connectivity index (χ4n) is 1.77. The number of nitrogens with two attached hydrogens (primary N) is 1. The van der Waals surface area contributed by atoms with Crippen LogP contribution >= 0.6 is 0 Å². The lowest BCUT2D eigenvalue weighted by molar-refractivity contribution is -0.122. The van der Waals surface area contributed by atoms with Crippen LogP contribution in [0.25, 0.3) is 0 Å². The molecule has 0 bridgehead atoms. The molecule has 1 atom stereocenters. The van der Waals surface area contributed by atoms with Crippen LogP contribution in [0.5, 0.6) is 5.75 Å². The van der Waals surface area contributed by atoms with Crippen molar-refractivity contribution in [3.8, 4) is 5.75 Å². The summed E-state index contributed by atoms with van der Waals surface area (Å²) in [7, 11) is 0. The molecule has 0 saturated carbocycles. The lowest BCUT2D eigenvalue weighted by atomic mass is 10.1. The lowest BCUT2D eigenvalue weighted by Crippen LogP contribution is -2.31. The molecule has 1 aromatic carbocycles. The van der Waals surface area contributed by atoms with Gasteiger partial charge in [0.1, 0.15) is 5.75 Å². The van der Waals surface area contributed by atoms with Crippen LogP contribution in [0.4, 0.5) is 0 Å². The SMILES string of the molecule is Cc1cc([C@H](C)N)ccc1OCCC(=O)NC(C)C. The van der Waals surface area contributed by atoms with Gasteiger partial charge in [-0.2, -0.15) is 0 Å². The topological polar surface area (TPSA) is 64.3 Å². The minimum Gasteiger partial charge on any atom is -0.493 e. The Morgan fingerprint density at radius 2 is 2.05 bits per heavy atom. The molecule has 1 amide bonds. The Kier molecular flexibility index (Phi) is 5.83. The van der Waals surface area contributed by atoms with Crippen molar-refractivity contribution in [2.75, 3.05) is 6.61 Å². The minimum atomic E-state index is 0.0138. The standard InChI is InChI=1S/C15H24N2O2/c1-10(2)17-15(18)7-8-19-14-6-5-13(12(4)16)9-11(14)3/h5-6,9-10,12H,7-8,16H2,1-4H3,(H,17,18)/t12-/m0/s1. The molecule has 3 N–H and O–H groups in total. The van der Waals surface area contributed by atoms with Gasteiger partial charge in [-0.05, 0) is 44.9 Å². The van der Waals surface area contributed by atoms with Crippen LogP contribution in [0.1, 0.15) is 44.4 Å². The van der Waals surface area contributed by atoms with E-state index in [0.29, 0.717) is 13.0 Å². The van der Waals surface area contributed by atoms with E-state index in [1.165, 1.54) is 0 Å².